The molecule has 0 aromatic heterocycles. The van der Waals surface area contributed by atoms with Gasteiger partial charge < -0.3 is 14.2 Å². The lowest BCUT2D eigenvalue weighted by atomic mass is 10.3. The van der Waals surface area contributed by atoms with E-state index in [2.05, 4.69) is 17.1 Å². The predicted molar refractivity (Wildman–Crippen MR) is 98.0 cm³/mol. The van der Waals surface area contributed by atoms with Crippen LogP contribution in [0.25, 0.3) is 0 Å². The Morgan fingerprint density at radius 1 is 1.16 bits per heavy atom. The number of ether oxygens (including phenoxy) is 3. The second-order valence-electron chi connectivity index (χ2n) is 6.15. The minimum Gasteiger partial charge on any atom is -0.491 e. The number of anilines is 1. The monoisotopic (exact) mass is 350 g/mol. The molecule has 1 heterocycles. The first-order valence-electron chi connectivity index (χ1n) is 9.25. The molecule has 1 aliphatic heterocycles. The number of hydrogen-bond acceptors (Lipinski definition) is 5. The summed E-state index contributed by atoms with van der Waals surface area (Å²) in [6, 6.07) is 7.39. The van der Waals surface area contributed by atoms with Crippen molar-refractivity contribution in [3.05, 3.63) is 24.3 Å². The number of carbonyl (C=O) groups excluding carboxylic acids is 1. The number of likely N-dealkylation sites (tertiary alicyclic amines) is 1. The maximum atomic E-state index is 12.4. The Labute approximate surface area is 150 Å². The molecule has 1 aromatic carbocycles. The van der Waals surface area contributed by atoms with Crippen LogP contribution in [-0.4, -0.2) is 50.1 Å². The van der Waals surface area contributed by atoms with Crippen molar-refractivity contribution < 1.29 is 19.0 Å². The van der Waals surface area contributed by atoms with Gasteiger partial charge in [-0.3, -0.25) is 10.2 Å². The number of nitrogens with zero attached hydrogens (tertiary/aromatic N) is 1. The smallest absolute Gasteiger partial charge is 0.413 e. The Hall–Kier alpha value is -1.79. The number of amides is 1. The molecule has 1 saturated heterocycles. The summed E-state index contributed by atoms with van der Waals surface area (Å²) < 4.78 is 16.9. The molecule has 1 N–H and O–H groups in total. The summed E-state index contributed by atoms with van der Waals surface area (Å²) in [7, 11) is 0. The van der Waals surface area contributed by atoms with Gasteiger partial charge in [0.25, 0.3) is 0 Å². The second kappa shape index (κ2) is 10.9. The Morgan fingerprint density at radius 2 is 1.88 bits per heavy atom. The van der Waals surface area contributed by atoms with Gasteiger partial charge in [0.1, 0.15) is 5.75 Å². The molecule has 0 aliphatic carbocycles. The third kappa shape index (κ3) is 6.55. The van der Waals surface area contributed by atoms with Crippen molar-refractivity contribution in [2.24, 2.45) is 0 Å². The van der Waals surface area contributed by atoms with E-state index in [0.717, 1.165) is 38.8 Å². The van der Waals surface area contributed by atoms with E-state index in [9.17, 15) is 4.79 Å². The van der Waals surface area contributed by atoms with Gasteiger partial charge in [-0.05, 0) is 37.8 Å². The Morgan fingerprint density at radius 3 is 2.60 bits per heavy atom. The first-order chi connectivity index (χ1) is 12.2. The highest BCUT2D eigenvalue weighted by atomic mass is 16.6. The Balaban J connectivity index is 1.93. The van der Waals surface area contributed by atoms with Crippen molar-refractivity contribution in [3.63, 3.8) is 0 Å². The van der Waals surface area contributed by atoms with E-state index in [1.165, 1.54) is 0 Å². The number of benzene rings is 1. The van der Waals surface area contributed by atoms with Gasteiger partial charge >= 0.3 is 6.09 Å². The van der Waals surface area contributed by atoms with Crippen LogP contribution < -0.4 is 10.1 Å². The third-order valence-corrected chi connectivity index (χ3v) is 3.99. The lowest BCUT2D eigenvalue weighted by Gasteiger charge is -2.27. The van der Waals surface area contributed by atoms with Gasteiger partial charge in [0.2, 0.25) is 0 Å². The highest BCUT2D eigenvalue weighted by Crippen LogP contribution is 2.24. The molecular formula is C19H30N2O4. The molecule has 6 nitrogen and oxygen atoms in total. The van der Waals surface area contributed by atoms with Crippen LogP contribution in [0.2, 0.25) is 0 Å². The molecule has 0 spiro atoms. The number of nitrogens with one attached hydrogen (secondary N) is 1. The summed E-state index contributed by atoms with van der Waals surface area (Å²) in [5.41, 5.74) is 0.621. The standard InChI is InChI=1S/C19H30N2O4/c1-3-13-23-15-18(21-11-7-8-12-21)25-19(22)20-16-9-5-6-10-17(16)24-14-4-2/h5-6,9-10,18H,3-4,7-8,11-15H2,1-2H3,(H,20,22). The highest BCUT2D eigenvalue weighted by molar-refractivity contribution is 5.86. The Bertz CT molecular complexity index is 518. The van der Waals surface area contributed by atoms with Crippen LogP contribution in [0.15, 0.2) is 24.3 Å². The average molecular weight is 350 g/mol. The molecule has 1 unspecified atom stereocenters. The number of rotatable bonds is 10. The fraction of sp³-hybridized carbons (Fsp3) is 0.632. The van der Waals surface area contributed by atoms with E-state index in [4.69, 9.17) is 14.2 Å². The number of para-hydroxylation sites is 2. The summed E-state index contributed by atoms with van der Waals surface area (Å²) in [5.74, 6) is 0.654. The van der Waals surface area contributed by atoms with Gasteiger partial charge in [-0.1, -0.05) is 26.0 Å². The first-order valence-corrected chi connectivity index (χ1v) is 9.25. The van der Waals surface area contributed by atoms with Crippen LogP contribution >= 0.6 is 0 Å². The number of carbonyl (C=O) groups is 1. The topological polar surface area (TPSA) is 60.0 Å². The van der Waals surface area contributed by atoms with E-state index >= 15 is 0 Å². The molecule has 1 atom stereocenters. The van der Waals surface area contributed by atoms with Crippen molar-refractivity contribution in [2.45, 2.75) is 45.8 Å². The zero-order chi connectivity index (χ0) is 17.9. The van der Waals surface area contributed by atoms with Crippen molar-refractivity contribution in [2.75, 3.05) is 38.2 Å². The molecule has 1 aliphatic rings. The fourth-order valence-corrected chi connectivity index (χ4v) is 2.74. The molecule has 2 rings (SSSR count). The second-order valence-corrected chi connectivity index (χ2v) is 6.15. The summed E-state index contributed by atoms with van der Waals surface area (Å²) in [6.07, 6.45) is 3.28. The van der Waals surface area contributed by atoms with Crippen molar-refractivity contribution in [1.29, 1.82) is 0 Å². The van der Waals surface area contributed by atoms with Gasteiger partial charge in [0.05, 0.1) is 18.9 Å². The predicted octanol–water partition coefficient (Wildman–Crippen LogP) is 3.87. The SMILES string of the molecule is CCCOCC(OC(=O)Nc1ccccc1OCCC)N1CCCC1. The zero-order valence-corrected chi connectivity index (χ0v) is 15.3. The minimum absolute atomic E-state index is 0.349. The molecule has 0 radical (unpaired) electrons. The van der Waals surface area contributed by atoms with E-state index in [1.807, 2.05) is 31.2 Å². The van der Waals surface area contributed by atoms with Crippen LogP contribution in [0.4, 0.5) is 10.5 Å². The summed E-state index contributed by atoms with van der Waals surface area (Å²) in [4.78, 5) is 14.5. The van der Waals surface area contributed by atoms with E-state index in [0.29, 0.717) is 31.3 Å². The Kier molecular flexibility index (Phi) is 8.55. The summed E-state index contributed by atoms with van der Waals surface area (Å²) in [5, 5.41) is 2.80. The van der Waals surface area contributed by atoms with Crippen LogP contribution in [-0.2, 0) is 9.47 Å². The van der Waals surface area contributed by atoms with Crippen LogP contribution in [0.5, 0.6) is 5.75 Å². The first kappa shape index (κ1) is 19.5. The fourth-order valence-electron chi connectivity index (χ4n) is 2.74. The number of hydrogen-bond donors (Lipinski definition) is 1. The maximum Gasteiger partial charge on any atom is 0.413 e. The van der Waals surface area contributed by atoms with Gasteiger partial charge in [-0.25, -0.2) is 4.79 Å². The maximum absolute atomic E-state index is 12.4. The summed E-state index contributed by atoms with van der Waals surface area (Å²) in [6.45, 7) is 7.65. The molecule has 140 valence electrons. The minimum atomic E-state index is -0.482. The van der Waals surface area contributed by atoms with Crippen LogP contribution in [0.1, 0.15) is 39.5 Å². The summed E-state index contributed by atoms with van der Waals surface area (Å²) >= 11 is 0. The normalized spacial score (nSPS) is 15.8. The zero-order valence-electron chi connectivity index (χ0n) is 15.3. The molecule has 1 aromatic rings. The van der Waals surface area contributed by atoms with Gasteiger partial charge in [0.15, 0.2) is 6.23 Å². The van der Waals surface area contributed by atoms with Crippen LogP contribution in [0, 0.1) is 0 Å². The van der Waals surface area contributed by atoms with Gasteiger partial charge in [-0.2, -0.15) is 0 Å². The lowest BCUT2D eigenvalue weighted by molar-refractivity contribution is -0.0529. The molecule has 1 fully saturated rings. The molecule has 0 bridgehead atoms. The van der Waals surface area contributed by atoms with Crippen molar-refractivity contribution >= 4 is 11.8 Å². The average Bonchev–Trinajstić information content (AvgIpc) is 3.15. The van der Waals surface area contributed by atoms with Gasteiger partial charge in [0, 0.05) is 19.7 Å². The lowest BCUT2D eigenvalue weighted by Crippen LogP contribution is -2.41. The van der Waals surface area contributed by atoms with Crippen molar-refractivity contribution in [3.8, 4) is 5.75 Å². The third-order valence-electron chi connectivity index (χ3n) is 3.99. The van der Waals surface area contributed by atoms with E-state index in [-0.39, 0.29) is 6.23 Å². The molecule has 6 heteroatoms. The van der Waals surface area contributed by atoms with Crippen LogP contribution in [0.3, 0.4) is 0 Å². The molecule has 0 saturated carbocycles. The highest BCUT2D eigenvalue weighted by Gasteiger charge is 2.25. The van der Waals surface area contributed by atoms with Gasteiger partial charge in [-0.15, -0.1) is 0 Å². The molecule has 25 heavy (non-hydrogen) atoms. The molecular weight excluding hydrogens is 320 g/mol. The molecule has 1 amide bonds. The van der Waals surface area contributed by atoms with E-state index in [1.54, 1.807) is 0 Å². The quantitative estimate of drug-likeness (QED) is 0.649. The largest absolute Gasteiger partial charge is 0.491 e. The van der Waals surface area contributed by atoms with Crippen molar-refractivity contribution in [1.82, 2.24) is 4.90 Å². The van der Waals surface area contributed by atoms with E-state index < -0.39 is 6.09 Å².